The highest BCUT2D eigenvalue weighted by atomic mass is 32.1. The number of halogens is 2. The lowest BCUT2D eigenvalue weighted by Crippen LogP contribution is -2.40. The van der Waals surface area contributed by atoms with Crippen molar-refractivity contribution >= 4 is 23.1 Å². The average Bonchev–Trinajstić information content (AvgIpc) is 2.15. The van der Waals surface area contributed by atoms with Crippen LogP contribution in [-0.4, -0.2) is 35.3 Å². The topological polar surface area (TPSA) is 46.3 Å². The van der Waals surface area contributed by atoms with Crippen LogP contribution in [0.4, 0.5) is 8.78 Å². The van der Waals surface area contributed by atoms with E-state index in [1.165, 1.54) is 4.90 Å². The summed E-state index contributed by atoms with van der Waals surface area (Å²) in [6.07, 6.45) is 0.0790. The Morgan fingerprint density at radius 2 is 2.00 bits per heavy atom. The molecular weight excluding hydrogens is 234 g/mol. The van der Waals surface area contributed by atoms with Crippen LogP contribution in [0.1, 0.15) is 25.7 Å². The van der Waals surface area contributed by atoms with E-state index in [1.54, 1.807) is 7.05 Å². The summed E-state index contributed by atoms with van der Waals surface area (Å²) in [6.45, 7) is 0.209. The molecule has 0 radical (unpaired) electrons. The van der Waals surface area contributed by atoms with Gasteiger partial charge in [-0.2, -0.15) is 0 Å². The van der Waals surface area contributed by atoms with Gasteiger partial charge >= 0.3 is 0 Å². The van der Waals surface area contributed by atoms with Crippen LogP contribution in [0.3, 0.4) is 0 Å². The lowest BCUT2D eigenvalue weighted by molar-refractivity contribution is -0.137. The number of thiocarbonyl (C=S) groups is 1. The molecule has 0 heterocycles. The second-order valence-corrected chi connectivity index (χ2v) is 4.82. The summed E-state index contributed by atoms with van der Waals surface area (Å²) >= 11 is 4.69. The van der Waals surface area contributed by atoms with Crippen molar-refractivity contribution in [3.8, 4) is 0 Å². The molecule has 1 aliphatic carbocycles. The minimum atomic E-state index is -2.60. The molecule has 0 unspecified atom stereocenters. The van der Waals surface area contributed by atoms with Crippen molar-refractivity contribution in [1.82, 2.24) is 4.90 Å². The van der Waals surface area contributed by atoms with E-state index in [0.29, 0.717) is 0 Å². The summed E-state index contributed by atoms with van der Waals surface area (Å²) in [5.41, 5.74) is 5.32. The Morgan fingerprint density at radius 3 is 2.44 bits per heavy atom. The molecule has 3 nitrogen and oxygen atoms in total. The lowest BCUT2D eigenvalue weighted by atomic mass is 9.86. The number of hydrogen-bond donors (Lipinski definition) is 1. The molecule has 0 bridgehead atoms. The fraction of sp³-hybridized carbons (Fsp3) is 0.800. The van der Waals surface area contributed by atoms with Crippen molar-refractivity contribution < 1.29 is 13.6 Å². The Labute approximate surface area is 99.0 Å². The normalized spacial score (nSPS) is 20.4. The monoisotopic (exact) mass is 250 g/mol. The number of nitrogens with two attached hydrogens (primary N) is 1. The first-order valence-corrected chi connectivity index (χ1v) is 5.64. The highest BCUT2D eigenvalue weighted by Crippen LogP contribution is 2.36. The van der Waals surface area contributed by atoms with Gasteiger partial charge in [0, 0.05) is 25.8 Å². The van der Waals surface area contributed by atoms with Gasteiger partial charge in [0.2, 0.25) is 11.8 Å². The first kappa shape index (κ1) is 13.3. The number of nitrogens with zero attached hydrogens (tertiary/aromatic N) is 1. The molecule has 92 valence electrons. The largest absolute Gasteiger partial charge is 0.392 e. The van der Waals surface area contributed by atoms with E-state index in [1.807, 2.05) is 0 Å². The quantitative estimate of drug-likeness (QED) is 0.773. The van der Waals surface area contributed by atoms with E-state index >= 15 is 0 Å². The van der Waals surface area contributed by atoms with Crippen molar-refractivity contribution in [1.29, 1.82) is 0 Å². The van der Waals surface area contributed by atoms with Crippen LogP contribution >= 0.6 is 12.2 Å². The maximum Gasteiger partial charge on any atom is 0.248 e. The Kier molecular flexibility index (Phi) is 4.18. The molecule has 0 saturated heterocycles. The van der Waals surface area contributed by atoms with Crippen LogP contribution < -0.4 is 5.73 Å². The van der Waals surface area contributed by atoms with Crippen LogP contribution in [-0.2, 0) is 4.79 Å². The van der Waals surface area contributed by atoms with Gasteiger partial charge in [0.15, 0.2) is 0 Å². The predicted octanol–water partition coefficient (Wildman–Crippen LogP) is 1.56. The van der Waals surface area contributed by atoms with Gasteiger partial charge in [-0.1, -0.05) is 12.2 Å². The molecule has 6 heteroatoms. The van der Waals surface area contributed by atoms with Gasteiger partial charge in [-0.05, 0) is 12.8 Å². The number of hydrogen-bond acceptors (Lipinski definition) is 2. The third kappa shape index (κ3) is 3.66. The number of rotatable bonds is 3. The zero-order valence-corrected chi connectivity index (χ0v) is 10.0. The number of carbonyl (C=O) groups is 1. The summed E-state index contributed by atoms with van der Waals surface area (Å²) in [5, 5.41) is 0. The predicted molar refractivity (Wildman–Crippen MR) is 61.3 cm³/mol. The molecule has 1 saturated carbocycles. The van der Waals surface area contributed by atoms with Crippen molar-refractivity contribution in [2.24, 2.45) is 11.7 Å². The van der Waals surface area contributed by atoms with Gasteiger partial charge in [-0.15, -0.1) is 0 Å². The van der Waals surface area contributed by atoms with E-state index in [9.17, 15) is 13.6 Å². The molecular formula is C10H16F2N2OS. The van der Waals surface area contributed by atoms with E-state index in [0.717, 1.165) is 0 Å². The molecule has 0 aromatic carbocycles. The third-order valence-corrected chi connectivity index (χ3v) is 2.96. The van der Waals surface area contributed by atoms with E-state index in [2.05, 4.69) is 0 Å². The van der Waals surface area contributed by atoms with Crippen LogP contribution in [0.15, 0.2) is 0 Å². The van der Waals surface area contributed by atoms with Gasteiger partial charge in [0.05, 0.1) is 11.5 Å². The van der Waals surface area contributed by atoms with Gasteiger partial charge in [-0.25, -0.2) is 8.78 Å². The molecule has 0 spiro atoms. The summed E-state index contributed by atoms with van der Waals surface area (Å²) in [5.74, 6) is -3.04. The molecule has 2 N–H and O–H groups in total. The Morgan fingerprint density at radius 1 is 1.50 bits per heavy atom. The number of alkyl halides is 2. The molecule has 0 aromatic heterocycles. The minimum absolute atomic E-state index is 0.136. The standard InChI is InChI=1S/C10H16F2N2OS/c1-14(6-8(13)16)9(15)7-2-4-10(11,12)5-3-7/h7H,2-6H2,1H3,(H2,13,16). The average molecular weight is 250 g/mol. The number of likely N-dealkylation sites (N-methyl/N-ethyl adjacent to an activating group) is 1. The fourth-order valence-corrected chi connectivity index (χ4v) is 2.10. The summed E-state index contributed by atoms with van der Waals surface area (Å²) in [6, 6.07) is 0. The summed E-state index contributed by atoms with van der Waals surface area (Å²) in [4.78, 5) is 13.5. The second kappa shape index (κ2) is 5.03. The maximum absolute atomic E-state index is 12.9. The van der Waals surface area contributed by atoms with Crippen molar-refractivity contribution in [2.75, 3.05) is 13.6 Å². The zero-order valence-electron chi connectivity index (χ0n) is 9.21. The summed E-state index contributed by atoms with van der Waals surface area (Å²) in [7, 11) is 1.59. The van der Waals surface area contributed by atoms with Crippen LogP contribution in [0.2, 0.25) is 0 Å². The molecule has 1 rings (SSSR count). The number of carbonyl (C=O) groups excluding carboxylic acids is 1. The van der Waals surface area contributed by atoms with Gasteiger partial charge < -0.3 is 10.6 Å². The van der Waals surface area contributed by atoms with E-state index in [4.69, 9.17) is 18.0 Å². The first-order valence-electron chi connectivity index (χ1n) is 5.23. The SMILES string of the molecule is CN(CC(N)=S)C(=O)C1CCC(F)(F)CC1. The van der Waals surface area contributed by atoms with Crippen molar-refractivity contribution in [3.05, 3.63) is 0 Å². The van der Waals surface area contributed by atoms with Crippen molar-refractivity contribution in [2.45, 2.75) is 31.6 Å². The smallest absolute Gasteiger partial charge is 0.248 e. The lowest BCUT2D eigenvalue weighted by Gasteiger charge is -2.30. The first-order chi connectivity index (χ1) is 7.32. The number of amides is 1. The van der Waals surface area contributed by atoms with E-state index < -0.39 is 5.92 Å². The van der Waals surface area contributed by atoms with Crippen LogP contribution in [0.5, 0.6) is 0 Å². The van der Waals surface area contributed by atoms with Gasteiger partial charge in [0.25, 0.3) is 0 Å². The van der Waals surface area contributed by atoms with Gasteiger partial charge in [-0.3, -0.25) is 4.79 Å². The molecule has 1 aliphatic rings. The fourth-order valence-electron chi connectivity index (χ4n) is 1.91. The second-order valence-electron chi connectivity index (χ2n) is 4.29. The highest BCUT2D eigenvalue weighted by Gasteiger charge is 2.38. The highest BCUT2D eigenvalue weighted by molar-refractivity contribution is 7.80. The molecule has 16 heavy (non-hydrogen) atoms. The Balaban J connectivity index is 2.47. The minimum Gasteiger partial charge on any atom is -0.392 e. The third-order valence-electron chi connectivity index (χ3n) is 2.84. The van der Waals surface area contributed by atoms with Crippen LogP contribution in [0.25, 0.3) is 0 Å². The Hall–Kier alpha value is -0.780. The summed E-state index contributed by atoms with van der Waals surface area (Å²) < 4.78 is 25.8. The zero-order chi connectivity index (χ0) is 12.3. The maximum atomic E-state index is 12.9. The molecule has 0 atom stereocenters. The molecule has 0 aliphatic heterocycles. The molecule has 1 amide bonds. The van der Waals surface area contributed by atoms with Gasteiger partial charge in [0.1, 0.15) is 0 Å². The molecule has 0 aromatic rings. The van der Waals surface area contributed by atoms with E-state index in [-0.39, 0.29) is 49.0 Å². The Bertz CT molecular complexity index is 287. The van der Waals surface area contributed by atoms with Crippen molar-refractivity contribution in [3.63, 3.8) is 0 Å². The van der Waals surface area contributed by atoms with Crippen LogP contribution in [0, 0.1) is 5.92 Å². The molecule has 1 fully saturated rings.